The molecular formula is C14H24N2O. The Hall–Kier alpha value is -1.06. The minimum Gasteiger partial charge on any atom is -0.494 e. The number of benzene rings is 1. The van der Waals surface area contributed by atoms with Crippen molar-refractivity contribution in [1.82, 2.24) is 5.43 Å². The van der Waals surface area contributed by atoms with E-state index in [9.17, 15) is 0 Å². The molecule has 96 valence electrons. The first kappa shape index (κ1) is 14.0. The summed E-state index contributed by atoms with van der Waals surface area (Å²) in [6, 6.07) is 8.25. The van der Waals surface area contributed by atoms with E-state index in [4.69, 9.17) is 10.6 Å². The van der Waals surface area contributed by atoms with Crippen LogP contribution in [0.1, 0.15) is 45.7 Å². The van der Waals surface area contributed by atoms with Crippen LogP contribution in [0.4, 0.5) is 0 Å². The van der Waals surface area contributed by atoms with E-state index >= 15 is 0 Å². The predicted octanol–water partition coefficient (Wildman–Crippen LogP) is 3.03. The molecule has 0 bridgehead atoms. The van der Waals surface area contributed by atoms with E-state index in [2.05, 4.69) is 45.3 Å². The average Bonchev–Trinajstić information content (AvgIpc) is 2.26. The summed E-state index contributed by atoms with van der Waals surface area (Å²) in [5, 5.41) is 0. The van der Waals surface area contributed by atoms with Gasteiger partial charge in [-0.2, -0.15) is 0 Å². The second-order valence-corrected chi connectivity index (χ2v) is 5.39. The molecule has 0 saturated carbocycles. The summed E-state index contributed by atoms with van der Waals surface area (Å²) in [4.78, 5) is 0. The summed E-state index contributed by atoms with van der Waals surface area (Å²) in [6.07, 6.45) is 1.02. The molecule has 1 unspecified atom stereocenters. The van der Waals surface area contributed by atoms with Crippen LogP contribution < -0.4 is 16.0 Å². The summed E-state index contributed by atoms with van der Waals surface area (Å²) >= 11 is 0. The van der Waals surface area contributed by atoms with Gasteiger partial charge in [0.1, 0.15) is 5.75 Å². The minimum absolute atomic E-state index is 0.0676. The SMILES string of the molecule is CCCOc1cccc(C(NN)C(C)(C)C)c1. The second-order valence-electron chi connectivity index (χ2n) is 5.39. The molecule has 0 amide bonds. The normalized spacial score (nSPS) is 13.5. The van der Waals surface area contributed by atoms with Crippen LogP contribution >= 0.6 is 0 Å². The largest absolute Gasteiger partial charge is 0.494 e. The lowest BCUT2D eigenvalue weighted by atomic mass is 9.83. The van der Waals surface area contributed by atoms with Gasteiger partial charge >= 0.3 is 0 Å². The van der Waals surface area contributed by atoms with Crippen LogP contribution in [0.2, 0.25) is 0 Å². The van der Waals surface area contributed by atoms with Gasteiger partial charge in [0.2, 0.25) is 0 Å². The maximum atomic E-state index is 5.65. The third-order valence-electron chi connectivity index (χ3n) is 2.70. The fourth-order valence-corrected chi connectivity index (χ4v) is 1.85. The molecule has 3 nitrogen and oxygen atoms in total. The molecule has 17 heavy (non-hydrogen) atoms. The van der Waals surface area contributed by atoms with E-state index < -0.39 is 0 Å². The van der Waals surface area contributed by atoms with Gasteiger partial charge in [0.05, 0.1) is 12.6 Å². The van der Waals surface area contributed by atoms with Crippen molar-refractivity contribution in [1.29, 1.82) is 0 Å². The molecule has 0 aliphatic carbocycles. The first-order valence-electron chi connectivity index (χ1n) is 6.18. The topological polar surface area (TPSA) is 47.3 Å². The number of hydrazine groups is 1. The zero-order valence-electron chi connectivity index (χ0n) is 11.3. The molecule has 0 fully saturated rings. The molecule has 0 spiro atoms. The van der Waals surface area contributed by atoms with Crippen molar-refractivity contribution in [2.45, 2.75) is 40.2 Å². The minimum atomic E-state index is 0.0676. The Morgan fingerprint density at radius 3 is 2.59 bits per heavy atom. The van der Waals surface area contributed by atoms with E-state index in [1.165, 1.54) is 0 Å². The third-order valence-corrected chi connectivity index (χ3v) is 2.70. The maximum absolute atomic E-state index is 5.65. The number of nitrogens with one attached hydrogen (secondary N) is 1. The Balaban J connectivity index is 2.89. The van der Waals surface area contributed by atoms with Crippen LogP contribution in [-0.4, -0.2) is 6.61 Å². The van der Waals surface area contributed by atoms with Crippen molar-refractivity contribution >= 4 is 0 Å². The molecule has 1 atom stereocenters. The number of hydrogen-bond acceptors (Lipinski definition) is 3. The number of rotatable bonds is 5. The van der Waals surface area contributed by atoms with E-state index in [1.54, 1.807) is 0 Å². The molecule has 3 heteroatoms. The highest BCUT2D eigenvalue weighted by Gasteiger charge is 2.25. The van der Waals surface area contributed by atoms with E-state index in [0.717, 1.165) is 24.3 Å². The first-order chi connectivity index (χ1) is 7.99. The van der Waals surface area contributed by atoms with Crippen LogP contribution in [0.25, 0.3) is 0 Å². The van der Waals surface area contributed by atoms with Gasteiger partial charge in [-0.05, 0) is 29.5 Å². The molecule has 0 saturated heterocycles. The Kier molecular flexibility index (Phi) is 4.97. The van der Waals surface area contributed by atoms with Gasteiger partial charge in [-0.25, -0.2) is 0 Å². The monoisotopic (exact) mass is 236 g/mol. The molecule has 0 heterocycles. The quantitative estimate of drug-likeness (QED) is 0.610. The highest BCUT2D eigenvalue weighted by atomic mass is 16.5. The standard InChI is InChI=1S/C14H24N2O/c1-5-9-17-12-8-6-7-11(10-12)13(16-15)14(2,3)4/h6-8,10,13,16H,5,9,15H2,1-4H3. The molecule has 0 aliphatic heterocycles. The van der Waals surface area contributed by atoms with E-state index in [1.807, 2.05) is 12.1 Å². The van der Waals surface area contributed by atoms with Crippen molar-refractivity contribution < 1.29 is 4.74 Å². The molecule has 0 radical (unpaired) electrons. The lowest BCUT2D eigenvalue weighted by molar-refractivity contribution is 0.273. The Morgan fingerprint density at radius 2 is 2.06 bits per heavy atom. The average molecular weight is 236 g/mol. The maximum Gasteiger partial charge on any atom is 0.119 e. The van der Waals surface area contributed by atoms with Crippen LogP contribution in [-0.2, 0) is 0 Å². The van der Waals surface area contributed by atoms with Crippen molar-refractivity contribution in [2.75, 3.05) is 6.61 Å². The molecule has 1 aromatic carbocycles. The zero-order valence-corrected chi connectivity index (χ0v) is 11.3. The fourth-order valence-electron chi connectivity index (χ4n) is 1.85. The lowest BCUT2D eigenvalue weighted by Gasteiger charge is -2.30. The smallest absolute Gasteiger partial charge is 0.119 e. The van der Waals surface area contributed by atoms with Crippen LogP contribution in [0.15, 0.2) is 24.3 Å². The first-order valence-corrected chi connectivity index (χ1v) is 6.18. The predicted molar refractivity (Wildman–Crippen MR) is 71.7 cm³/mol. The summed E-state index contributed by atoms with van der Waals surface area (Å²) in [6.45, 7) is 9.34. The van der Waals surface area contributed by atoms with Gasteiger partial charge in [0, 0.05) is 0 Å². The highest BCUT2D eigenvalue weighted by Crippen LogP contribution is 2.33. The Bertz CT molecular complexity index is 344. The van der Waals surface area contributed by atoms with Gasteiger partial charge in [-0.15, -0.1) is 0 Å². The van der Waals surface area contributed by atoms with Gasteiger partial charge in [-0.3, -0.25) is 11.3 Å². The fraction of sp³-hybridized carbons (Fsp3) is 0.571. The second kappa shape index (κ2) is 6.03. The van der Waals surface area contributed by atoms with Crippen molar-refractivity contribution in [3.05, 3.63) is 29.8 Å². The molecule has 0 aromatic heterocycles. The van der Waals surface area contributed by atoms with Gasteiger partial charge in [-0.1, -0.05) is 39.8 Å². The van der Waals surface area contributed by atoms with Crippen LogP contribution in [0.3, 0.4) is 0 Å². The number of hydrogen-bond donors (Lipinski definition) is 2. The van der Waals surface area contributed by atoms with Crippen LogP contribution in [0.5, 0.6) is 5.75 Å². The molecule has 3 N–H and O–H groups in total. The zero-order chi connectivity index (χ0) is 12.9. The van der Waals surface area contributed by atoms with Crippen LogP contribution in [0, 0.1) is 5.41 Å². The van der Waals surface area contributed by atoms with Gasteiger partial charge in [0.15, 0.2) is 0 Å². The summed E-state index contributed by atoms with van der Waals surface area (Å²) < 4.78 is 5.63. The van der Waals surface area contributed by atoms with Gasteiger partial charge < -0.3 is 4.74 Å². The number of nitrogens with two attached hydrogens (primary N) is 1. The highest BCUT2D eigenvalue weighted by molar-refractivity contribution is 5.31. The summed E-state index contributed by atoms with van der Waals surface area (Å²) in [5.74, 6) is 6.56. The Labute approximate surface area is 104 Å². The molecular weight excluding hydrogens is 212 g/mol. The summed E-state index contributed by atoms with van der Waals surface area (Å²) in [5.41, 5.74) is 4.11. The lowest BCUT2D eigenvalue weighted by Crippen LogP contribution is -2.36. The number of ether oxygens (including phenoxy) is 1. The van der Waals surface area contributed by atoms with Crippen molar-refractivity contribution in [3.8, 4) is 5.75 Å². The van der Waals surface area contributed by atoms with E-state index in [-0.39, 0.29) is 11.5 Å². The third kappa shape index (κ3) is 4.02. The summed E-state index contributed by atoms with van der Waals surface area (Å²) in [7, 11) is 0. The molecule has 1 rings (SSSR count). The van der Waals surface area contributed by atoms with Gasteiger partial charge in [0.25, 0.3) is 0 Å². The Morgan fingerprint density at radius 1 is 1.35 bits per heavy atom. The molecule has 0 aliphatic rings. The molecule has 1 aromatic rings. The van der Waals surface area contributed by atoms with E-state index in [0.29, 0.717) is 0 Å². The van der Waals surface area contributed by atoms with Crippen molar-refractivity contribution in [2.24, 2.45) is 11.3 Å². The van der Waals surface area contributed by atoms with Crippen molar-refractivity contribution in [3.63, 3.8) is 0 Å².